The lowest BCUT2D eigenvalue weighted by atomic mass is 10.1. The van der Waals surface area contributed by atoms with Gasteiger partial charge in [-0.2, -0.15) is 5.10 Å². The Kier molecular flexibility index (Phi) is 5.35. The monoisotopic (exact) mass is 362 g/mol. The summed E-state index contributed by atoms with van der Waals surface area (Å²) >= 11 is 0. The highest BCUT2D eigenvalue weighted by atomic mass is 16.2. The van der Waals surface area contributed by atoms with Crippen molar-refractivity contribution in [2.75, 3.05) is 5.32 Å². The van der Waals surface area contributed by atoms with Crippen molar-refractivity contribution in [3.05, 3.63) is 77.1 Å². The summed E-state index contributed by atoms with van der Waals surface area (Å²) < 4.78 is 1.85. The number of hydrogen-bond donors (Lipinski definition) is 2. The van der Waals surface area contributed by atoms with E-state index in [-0.39, 0.29) is 11.8 Å². The van der Waals surface area contributed by atoms with Crippen molar-refractivity contribution in [2.24, 2.45) is 0 Å². The first-order chi connectivity index (χ1) is 12.9. The Bertz CT molecular complexity index is 974. The summed E-state index contributed by atoms with van der Waals surface area (Å²) in [5, 5.41) is 10.1. The van der Waals surface area contributed by atoms with Crippen molar-refractivity contribution in [1.82, 2.24) is 15.1 Å². The van der Waals surface area contributed by atoms with E-state index in [0.717, 1.165) is 22.6 Å². The van der Waals surface area contributed by atoms with Crippen LogP contribution < -0.4 is 10.6 Å². The molecule has 0 atom stereocenters. The smallest absolute Gasteiger partial charge is 0.251 e. The van der Waals surface area contributed by atoms with E-state index in [4.69, 9.17) is 0 Å². The molecule has 1 aromatic heterocycles. The van der Waals surface area contributed by atoms with Gasteiger partial charge >= 0.3 is 0 Å². The van der Waals surface area contributed by atoms with Crippen molar-refractivity contribution < 1.29 is 9.59 Å². The van der Waals surface area contributed by atoms with Gasteiger partial charge in [0, 0.05) is 30.4 Å². The summed E-state index contributed by atoms with van der Waals surface area (Å²) in [6.45, 7) is 5.79. The molecule has 3 aromatic rings. The highest BCUT2D eigenvalue weighted by Gasteiger charge is 2.08. The van der Waals surface area contributed by atoms with Gasteiger partial charge in [0.1, 0.15) is 0 Å². The second-order valence-electron chi connectivity index (χ2n) is 6.45. The largest absolute Gasteiger partial charge is 0.348 e. The molecule has 0 spiro atoms. The summed E-state index contributed by atoms with van der Waals surface area (Å²) in [4.78, 5) is 23.5. The van der Waals surface area contributed by atoms with E-state index in [2.05, 4.69) is 15.7 Å². The maximum atomic E-state index is 12.4. The van der Waals surface area contributed by atoms with E-state index < -0.39 is 0 Å². The van der Waals surface area contributed by atoms with Gasteiger partial charge in [0.2, 0.25) is 5.91 Å². The van der Waals surface area contributed by atoms with Crippen molar-refractivity contribution >= 4 is 17.5 Å². The van der Waals surface area contributed by atoms with Gasteiger partial charge in [-0.05, 0) is 61.9 Å². The summed E-state index contributed by atoms with van der Waals surface area (Å²) in [6.07, 6.45) is 0. The van der Waals surface area contributed by atoms with Crippen LogP contribution in [0.1, 0.15) is 34.2 Å². The summed E-state index contributed by atoms with van der Waals surface area (Å²) in [5.74, 6) is -0.279. The second kappa shape index (κ2) is 7.86. The number of aryl methyl sites for hydroxylation is 2. The number of hydrogen-bond acceptors (Lipinski definition) is 3. The fraction of sp³-hybridized carbons (Fsp3) is 0.190. The zero-order valence-corrected chi connectivity index (χ0v) is 15.6. The van der Waals surface area contributed by atoms with E-state index in [1.165, 1.54) is 6.92 Å². The van der Waals surface area contributed by atoms with Crippen LogP contribution in [0.4, 0.5) is 5.69 Å². The highest BCUT2D eigenvalue weighted by molar-refractivity contribution is 5.94. The third-order valence-electron chi connectivity index (χ3n) is 4.08. The second-order valence-corrected chi connectivity index (χ2v) is 6.45. The number of aromatic nitrogens is 2. The summed E-state index contributed by atoms with van der Waals surface area (Å²) in [5.41, 5.74) is 5.12. The van der Waals surface area contributed by atoms with E-state index in [1.807, 2.05) is 61.0 Å². The van der Waals surface area contributed by atoms with Crippen molar-refractivity contribution in [2.45, 2.75) is 27.3 Å². The van der Waals surface area contributed by atoms with Crippen LogP contribution in [0, 0.1) is 13.8 Å². The molecule has 0 unspecified atom stereocenters. The van der Waals surface area contributed by atoms with E-state index in [0.29, 0.717) is 17.8 Å². The molecular formula is C21H22N4O2. The van der Waals surface area contributed by atoms with Crippen molar-refractivity contribution in [1.29, 1.82) is 0 Å². The summed E-state index contributed by atoms with van der Waals surface area (Å²) in [6, 6.07) is 16.7. The zero-order chi connectivity index (χ0) is 19.4. The maximum absolute atomic E-state index is 12.4. The molecule has 0 bridgehead atoms. The Balaban J connectivity index is 1.65. The van der Waals surface area contributed by atoms with Gasteiger partial charge in [0.05, 0.1) is 11.4 Å². The zero-order valence-electron chi connectivity index (χ0n) is 15.6. The highest BCUT2D eigenvalue weighted by Crippen LogP contribution is 2.14. The molecule has 0 radical (unpaired) electrons. The van der Waals surface area contributed by atoms with Crippen LogP contribution in [0.25, 0.3) is 5.69 Å². The van der Waals surface area contributed by atoms with Gasteiger partial charge < -0.3 is 10.6 Å². The molecule has 0 saturated carbocycles. The van der Waals surface area contributed by atoms with Crippen LogP contribution in [0.3, 0.4) is 0 Å². The predicted molar refractivity (Wildman–Crippen MR) is 105 cm³/mol. The first-order valence-electron chi connectivity index (χ1n) is 8.71. The minimum absolute atomic E-state index is 0.126. The normalized spacial score (nSPS) is 10.5. The molecule has 0 fully saturated rings. The molecule has 2 amide bonds. The molecular weight excluding hydrogens is 340 g/mol. The fourth-order valence-electron chi connectivity index (χ4n) is 2.89. The fourth-order valence-corrected chi connectivity index (χ4v) is 2.89. The summed E-state index contributed by atoms with van der Waals surface area (Å²) in [7, 11) is 0. The van der Waals surface area contributed by atoms with E-state index in [1.54, 1.807) is 12.1 Å². The minimum Gasteiger partial charge on any atom is -0.348 e. The first-order valence-corrected chi connectivity index (χ1v) is 8.71. The van der Waals surface area contributed by atoms with Gasteiger partial charge in [-0.3, -0.25) is 9.59 Å². The molecule has 0 aliphatic carbocycles. The van der Waals surface area contributed by atoms with Crippen LogP contribution in [-0.4, -0.2) is 21.6 Å². The van der Waals surface area contributed by atoms with Crippen molar-refractivity contribution in [3.8, 4) is 5.69 Å². The standard InChI is InChI=1S/C21H22N4O2/c1-14-11-15(2)25(24-14)20-9-7-18(8-10-20)21(27)22-13-17-5-4-6-19(12-17)23-16(3)26/h4-12H,13H2,1-3H3,(H,22,27)(H,23,26). The maximum Gasteiger partial charge on any atom is 0.251 e. The Morgan fingerprint density at radius 1 is 1.04 bits per heavy atom. The lowest BCUT2D eigenvalue weighted by molar-refractivity contribution is -0.114. The average molecular weight is 362 g/mol. The molecule has 0 aliphatic heterocycles. The number of nitrogens with zero attached hydrogens (tertiary/aromatic N) is 2. The minimum atomic E-state index is -0.153. The quantitative estimate of drug-likeness (QED) is 0.731. The average Bonchev–Trinajstić information content (AvgIpc) is 2.98. The number of benzene rings is 2. The molecule has 27 heavy (non-hydrogen) atoms. The lowest BCUT2D eigenvalue weighted by Gasteiger charge is -2.09. The topological polar surface area (TPSA) is 76.0 Å². The first kappa shape index (κ1) is 18.4. The predicted octanol–water partition coefficient (Wildman–Crippen LogP) is 3.38. The third kappa shape index (κ3) is 4.61. The van der Waals surface area contributed by atoms with E-state index in [9.17, 15) is 9.59 Å². The molecule has 6 nitrogen and oxygen atoms in total. The van der Waals surface area contributed by atoms with E-state index >= 15 is 0 Å². The molecule has 0 saturated heterocycles. The molecule has 1 heterocycles. The molecule has 138 valence electrons. The number of rotatable bonds is 5. The van der Waals surface area contributed by atoms with Gasteiger partial charge in [-0.1, -0.05) is 12.1 Å². The van der Waals surface area contributed by atoms with Crippen LogP contribution in [0.5, 0.6) is 0 Å². The molecule has 3 rings (SSSR count). The van der Waals surface area contributed by atoms with Crippen molar-refractivity contribution in [3.63, 3.8) is 0 Å². The third-order valence-corrected chi connectivity index (χ3v) is 4.08. The Hall–Kier alpha value is -3.41. The Morgan fingerprint density at radius 2 is 1.78 bits per heavy atom. The van der Waals surface area contributed by atoms with Crippen LogP contribution in [-0.2, 0) is 11.3 Å². The lowest BCUT2D eigenvalue weighted by Crippen LogP contribution is -2.22. The number of carbonyl (C=O) groups excluding carboxylic acids is 2. The van der Waals surface area contributed by atoms with Gasteiger partial charge in [-0.25, -0.2) is 4.68 Å². The SMILES string of the molecule is CC(=O)Nc1cccc(CNC(=O)c2ccc(-n3nc(C)cc3C)cc2)c1. The number of amides is 2. The number of anilines is 1. The van der Waals surface area contributed by atoms with Gasteiger partial charge in [0.25, 0.3) is 5.91 Å². The number of carbonyl (C=O) groups is 2. The molecule has 0 aliphatic rings. The Morgan fingerprint density at radius 3 is 2.41 bits per heavy atom. The van der Waals surface area contributed by atoms with Gasteiger partial charge in [-0.15, -0.1) is 0 Å². The molecule has 2 N–H and O–H groups in total. The van der Waals surface area contributed by atoms with Gasteiger partial charge in [0.15, 0.2) is 0 Å². The number of nitrogens with one attached hydrogen (secondary N) is 2. The Labute approximate surface area is 158 Å². The van der Waals surface area contributed by atoms with Crippen LogP contribution in [0.15, 0.2) is 54.6 Å². The van der Waals surface area contributed by atoms with Crippen LogP contribution >= 0.6 is 0 Å². The van der Waals surface area contributed by atoms with Crippen LogP contribution in [0.2, 0.25) is 0 Å². The molecule has 6 heteroatoms. The molecule has 2 aromatic carbocycles.